The van der Waals surface area contributed by atoms with E-state index in [1.54, 1.807) is 6.20 Å². The highest BCUT2D eigenvalue weighted by atomic mass is 32.2. The molecule has 0 radical (unpaired) electrons. The van der Waals surface area contributed by atoms with Gasteiger partial charge in [0, 0.05) is 23.1 Å². The maximum absolute atomic E-state index is 5.75. The number of thioether (sulfide) groups is 1. The maximum Gasteiger partial charge on any atom is 0.106 e. The normalized spacial score (nSPS) is 17.9. The van der Waals surface area contributed by atoms with E-state index in [9.17, 15) is 0 Å². The van der Waals surface area contributed by atoms with Crippen LogP contribution < -0.4 is 11.1 Å². The van der Waals surface area contributed by atoms with Crippen molar-refractivity contribution in [2.45, 2.75) is 36.9 Å². The van der Waals surface area contributed by atoms with Crippen LogP contribution in [0.4, 0.5) is 5.69 Å². The molecule has 5 heteroatoms. The number of hydrogen-bond acceptors (Lipinski definition) is 4. The Hall–Kier alpha value is -0.810. The first kappa shape index (κ1) is 14.6. The molecule has 0 saturated heterocycles. The van der Waals surface area contributed by atoms with Gasteiger partial charge in [-0.25, -0.2) is 0 Å². The standard InChI is InChI=1S/C14H21N3S2/c1-19-14(6-3-2-4-7-14)10-17-12-9-16-8-5-11(12)13(15)18/h5,8-9,17H,2-4,6-7,10H2,1H3,(H2,15,18). The van der Waals surface area contributed by atoms with Crippen molar-refractivity contribution in [3.63, 3.8) is 0 Å². The van der Waals surface area contributed by atoms with E-state index in [1.165, 1.54) is 32.1 Å². The molecule has 0 aromatic carbocycles. The lowest BCUT2D eigenvalue weighted by atomic mass is 9.88. The van der Waals surface area contributed by atoms with Crippen molar-refractivity contribution in [1.29, 1.82) is 0 Å². The van der Waals surface area contributed by atoms with E-state index in [2.05, 4.69) is 16.6 Å². The molecule has 0 atom stereocenters. The van der Waals surface area contributed by atoms with Gasteiger partial charge < -0.3 is 11.1 Å². The number of nitrogens with zero attached hydrogens (tertiary/aromatic N) is 1. The van der Waals surface area contributed by atoms with Gasteiger partial charge in [-0.15, -0.1) is 0 Å². The summed E-state index contributed by atoms with van der Waals surface area (Å²) in [4.78, 5) is 4.58. The molecule has 1 fully saturated rings. The molecule has 0 unspecified atom stereocenters. The van der Waals surface area contributed by atoms with Crippen LogP contribution in [0.1, 0.15) is 37.7 Å². The molecule has 1 saturated carbocycles. The van der Waals surface area contributed by atoms with Gasteiger partial charge in [0.15, 0.2) is 0 Å². The summed E-state index contributed by atoms with van der Waals surface area (Å²) < 4.78 is 0.349. The van der Waals surface area contributed by atoms with Crippen LogP contribution in [0.2, 0.25) is 0 Å². The zero-order chi connectivity index (χ0) is 13.7. The SMILES string of the molecule is CSC1(CNc2cnccc2C(N)=S)CCCCC1. The van der Waals surface area contributed by atoms with Gasteiger partial charge in [-0.2, -0.15) is 11.8 Å². The monoisotopic (exact) mass is 295 g/mol. The predicted molar refractivity (Wildman–Crippen MR) is 87.9 cm³/mol. The van der Waals surface area contributed by atoms with E-state index in [0.717, 1.165) is 17.8 Å². The quantitative estimate of drug-likeness (QED) is 0.817. The van der Waals surface area contributed by atoms with Crippen molar-refractivity contribution in [3.8, 4) is 0 Å². The highest BCUT2D eigenvalue weighted by molar-refractivity contribution is 8.00. The second kappa shape index (κ2) is 6.57. The van der Waals surface area contributed by atoms with Crippen LogP contribution in [0.3, 0.4) is 0 Å². The third-order valence-electron chi connectivity index (χ3n) is 3.89. The Kier molecular flexibility index (Phi) is 5.05. The van der Waals surface area contributed by atoms with Crippen molar-refractivity contribution in [1.82, 2.24) is 4.98 Å². The molecule has 0 spiro atoms. The zero-order valence-electron chi connectivity index (χ0n) is 11.3. The van der Waals surface area contributed by atoms with Crippen LogP contribution in [-0.2, 0) is 0 Å². The minimum Gasteiger partial charge on any atom is -0.389 e. The largest absolute Gasteiger partial charge is 0.389 e. The predicted octanol–water partition coefficient (Wildman–Crippen LogP) is 3.19. The number of nitrogens with two attached hydrogens (primary N) is 1. The Morgan fingerprint density at radius 1 is 1.47 bits per heavy atom. The van der Waals surface area contributed by atoms with Gasteiger partial charge in [0.25, 0.3) is 0 Å². The van der Waals surface area contributed by atoms with E-state index < -0.39 is 0 Å². The van der Waals surface area contributed by atoms with E-state index >= 15 is 0 Å². The average Bonchev–Trinajstić information content (AvgIpc) is 2.46. The van der Waals surface area contributed by atoms with Crippen molar-refractivity contribution < 1.29 is 0 Å². The molecule has 3 N–H and O–H groups in total. The Morgan fingerprint density at radius 3 is 2.84 bits per heavy atom. The Balaban J connectivity index is 2.07. The van der Waals surface area contributed by atoms with Crippen LogP contribution in [0.5, 0.6) is 0 Å². The van der Waals surface area contributed by atoms with E-state index in [1.807, 2.05) is 24.0 Å². The molecule has 1 aromatic heterocycles. The molecule has 0 bridgehead atoms. The van der Waals surface area contributed by atoms with E-state index in [4.69, 9.17) is 18.0 Å². The molecule has 3 nitrogen and oxygen atoms in total. The van der Waals surface area contributed by atoms with Gasteiger partial charge >= 0.3 is 0 Å². The minimum atomic E-state index is 0.349. The highest BCUT2D eigenvalue weighted by Gasteiger charge is 2.31. The van der Waals surface area contributed by atoms with Crippen molar-refractivity contribution in [2.24, 2.45) is 5.73 Å². The number of aromatic nitrogens is 1. The van der Waals surface area contributed by atoms with E-state index in [0.29, 0.717) is 9.74 Å². The Bertz CT molecular complexity index is 442. The summed E-state index contributed by atoms with van der Waals surface area (Å²) in [6.07, 6.45) is 12.3. The van der Waals surface area contributed by atoms with Crippen LogP contribution in [0, 0.1) is 0 Å². The first-order valence-electron chi connectivity index (χ1n) is 6.70. The lowest BCUT2D eigenvalue weighted by molar-refractivity contribution is 0.411. The highest BCUT2D eigenvalue weighted by Crippen LogP contribution is 2.38. The smallest absolute Gasteiger partial charge is 0.106 e. The summed E-state index contributed by atoms with van der Waals surface area (Å²) >= 11 is 7.06. The molecule has 104 valence electrons. The molecule has 0 amide bonds. The minimum absolute atomic E-state index is 0.349. The number of pyridine rings is 1. The first-order valence-corrected chi connectivity index (χ1v) is 8.33. The lowest BCUT2D eigenvalue weighted by Crippen LogP contribution is -2.36. The second-order valence-corrected chi connectivity index (χ2v) is 6.80. The fraction of sp³-hybridized carbons (Fsp3) is 0.571. The van der Waals surface area contributed by atoms with Crippen molar-refractivity contribution in [3.05, 3.63) is 24.0 Å². The van der Waals surface area contributed by atoms with E-state index in [-0.39, 0.29) is 0 Å². The Morgan fingerprint density at radius 2 is 2.21 bits per heavy atom. The third kappa shape index (κ3) is 3.60. The maximum atomic E-state index is 5.75. The zero-order valence-corrected chi connectivity index (χ0v) is 12.9. The molecule has 1 heterocycles. The van der Waals surface area contributed by atoms with Gasteiger partial charge in [-0.3, -0.25) is 4.98 Å². The number of nitrogens with one attached hydrogen (secondary N) is 1. The molecule has 1 aromatic rings. The van der Waals surface area contributed by atoms with Gasteiger partial charge in [0.05, 0.1) is 11.9 Å². The molecule has 1 aliphatic carbocycles. The van der Waals surface area contributed by atoms with Gasteiger partial charge in [-0.05, 0) is 25.2 Å². The fourth-order valence-corrected chi connectivity index (χ4v) is 3.75. The van der Waals surface area contributed by atoms with Crippen LogP contribution >= 0.6 is 24.0 Å². The summed E-state index contributed by atoms with van der Waals surface area (Å²) in [7, 11) is 0. The molecule has 19 heavy (non-hydrogen) atoms. The first-order chi connectivity index (χ1) is 9.17. The summed E-state index contributed by atoms with van der Waals surface area (Å²) in [5.74, 6) is 0. The lowest BCUT2D eigenvalue weighted by Gasteiger charge is -2.36. The number of rotatable bonds is 5. The number of anilines is 1. The summed E-state index contributed by atoms with van der Waals surface area (Å²) in [6, 6.07) is 1.87. The van der Waals surface area contributed by atoms with Gasteiger partial charge in [0.2, 0.25) is 0 Å². The molecule has 1 aliphatic rings. The fourth-order valence-electron chi connectivity index (χ4n) is 2.66. The van der Waals surface area contributed by atoms with Crippen molar-refractivity contribution in [2.75, 3.05) is 18.1 Å². The molecule has 2 rings (SSSR count). The van der Waals surface area contributed by atoms with Gasteiger partial charge in [0.1, 0.15) is 4.99 Å². The van der Waals surface area contributed by atoms with Crippen molar-refractivity contribution >= 4 is 34.7 Å². The topological polar surface area (TPSA) is 50.9 Å². The van der Waals surface area contributed by atoms with Gasteiger partial charge in [-0.1, -0.05) is 31.5 Å². The number of hydrogen-bond donors (Lipinski definition) is 2. The summed E-state index contributed by atoms with van der Waals surface area (Å²) in [5.41, 5.74) is 7.59. The van der Waals surface area contributed by atoms with Crippen LogP contribution in [-0.4, -0.2) is 27.5 Å². The summed E-state index contributed by atoms with van der Waals surface area (Å²) in [6.45, 7) is 0.954. The third-order valence-corrected chi connectivity index (χ3v) is 5.52. The van der Waals surface area contributed by atoms with Crippen LogP contribution in [0.15, 0.2) is 18.5 Å². The Labute approximate surface area is 124 Å². The summed E-state index contributed by atoms with van der Waals surface area (Å²) in [5, 5.41) is 3.51. The average molecular weight is 295 g/mol. The molecule has 0 aliphatic heterocycles. The molecular weight excluding hydrogens is 274 g/mol. The second-order valence-electron chi connectivity index (χ2n) is 5.09. The van der Waals surface area contributed by atoms with Crippen LogP contribution in [0.25, 0.3) is 0 Å². The number of thiocarbonyl (C=S) groups is 1. The molecular formula is C14H21N3S2.